The molecule has 1 saturated carbocycles. The third kappa shape index (κ3) is 4.38. The van der Waals surface area contributed by atoms with Crippen LogP contribution in [0, 0.1) is 0 Å². The highest BCUT2D eigenvalue weighted by atomic mass is 35.5. The SMILES string of the molecule is O=C(CCCNc1ccc(Cl)c(C(=O)O)n1)NC1CC1. The maximum absolute atomic E-state index is 11.4. The molecule has 1 aromatic heterocycles. The minimum absolute atomic E-state index is 0.0598. The van der Waals surface area contributed by atoms with Gasteiger partial charge in [0.1, 0.15) is 5.82 Å². The second kappa shape index (κ2) is 6.56. The summed E-state index contributed by atoms with van der Waals surface area (Å²) in [5.41, 5.74) is -0.178. The highest BCUT2D eigenvalue weighted by molar-refractivity contribution is 6.33. The van der Waals surface area contributed by atoms with E-state index in [1.54, 1.807) is 6.07 Å². The molecule has 0 aliphatic heterocycles. The molecule has 0 spiro atoms. The Kier molecular flexibility index (Phi) is 4.79. The van der Waals surface area contributed by atoms with Crippen molar-refractivity contribution in [2.75, 3.05) is 11.9 Å². The van der Waals surface area contributed by atoms with Gasteiger partial charge in [-0.3, -0.25) is 4.79 Å². The third-order valence-corrected chi connectivity index (χ3v) is 3.18. The number of carbonyl (C=O) groups excluding carboxylic acids is 1. The van der Waals surface area contributed by atoms with Crippen molar-refractivity contribution in [2.24, 2.45) is 0 Å². The van der Waals surface area contributed by atoms with Gasteiger partial charge < -0.3 is 15.7 Å². The van der Waals surface area contributed by atoms with Crippen molar-refractivity contribution in [2.45, 2.75) is 31.7 Å². The van der Waals surface area contributed by atoms with Gasteiger partial charge in [0.2, 0.25) is 5.91 Å². The van der Waals surface area contributed by atoms with E-state index in [1.165, 1.54) is 6.07 Å². The van der Waals surface area contributed by atoms with Gasteiger partial charge in [0.05, 0.1) is 5.02 Å². The Balaban J connectivity index is 1.74. The second-order valence-corrected chi connectivity index (χ2v) is 5.11. The molecule has 0 bridgehead atoms. The normalized spacial score (nSPS) is 13.8. The average Bonchev–Trinajstić information content (AvgIpc) is 3.20. The number of aromatic carboxylic acids is 1. The summed E-state index contributed by atoms with van der Waals surface area (Å²) in [4.78, 5) is 26.2. The average molecular weight is 298 g/mol. The monoisotopic (exact) mass is 297 g/mol. The zero-order valence-corrected chi connectivity index (χ0v) is 11.6. The standard InChI is InChI=1S/C13H16ClN3O3/c14-9-5-6-10(17-12(9)13(19)20)15-7-1-2-11(18)16-8-3-4-8/h5-6,8H,1-4,7H2,(H,15,17)(H,16,18)(H,19,20). The second-order valence-electron chi connectivity index (χ2n) is 4.70. The number of carboxylic acid groups (broad SMARTS) is 1. The van der Waals surface area contributed by atoms with Crippen LogP contribution >= 0.6 is 11.6 Å². The van der Waals surface area contributed by atoms with E-state index in [0.29, 0.717) is 31.2 Å². The summed E-state index contributed by atoms with van der Waals surface area (Å²) < 4.78 is 0. The highest BCUT2D eigenvalue weighted by Gasteiger charge is 2.22. The molecular formula is C13H16ClN3O3. The Labute approximate surface area is 121 Å². The number of rotatable bonds is 7. The lowest BCUT2D eigenvalue weighted by Gasteiger charge is -2.07. The van der Waals surface area contributed by atoms with Gasteiger partial charge in [-0.2, -0.15) is 0 Å². The lowest BCUT2D eigenvalue weighted by atomic mass is 10.3. The molecule has 3 N–H and O–H groups in total. The van der Waals surface area contributed by atoms with E-state index >= 15 is 0 Å². The Bertz CT molecular complexity index is 518. The molecule has 1 heterocycles. The predicted molar refractivity (Wildman–Crippen MR) is 75.1 cm³/mol. The van der Waals surface area contributed by atoms with E-state index < -0.39 is 5.97 Å². The third-order valence-electron chi connectivity index (χ3n) is 2.88. The van der Waals surface area contributed by atoms with Gasteiger partial charge in [0, 0.05) is 19.0 Å². The van der Waals surface area contributed by atoms with Crippen LogP contribution in [0.4, 0.5) is 5.82 Å². The van der Waals surface area contributed by atoms with E-state index in [0.717, 1.165) is 12.8 Å². The van der Waals surface area contributed by atoms with Crippen LogP contribution in [0.5, 0.6) is 0 Å². The lowest BCUT2D eigenvalue weighted by molar-refractivity contribution is -0.121. The fourth-order valence-electron chi connectivity index (χ4n) is 1.68. The summed E-state index contributed by atoms with van der Waals surface area (Å²) in [6, 6.07) is 3.48. The van der Waals surface area contributed by atoms with Crippen molar-refractivity contribution in [3.05, 3.63) is 22.8 Å². The lowest BCUT2D eigenvalue weighted by Crippen LogP contribution is -2.25. The number of amides is 1. The number of halogens is 1. The van der Waals surface area contributed by atoms with E-state index in [2.05, 4.69) is 15.6 Å². The smallest absolute Gasteiger partial charge is 0.356 e. The largest absolute Gasteiger partial charge is 0.476 e. The molecule has 0 saturated heterocycles. The Hall–Kier alpha value is -1.82. The van der Waals surface area contributed by atoms with E-state index in [9.17, 15) is 9.59 Å². The Morgan fingerprint density at radius 3 is 2.80 bits per heavy atom. The first-order chi connectivity index (χ1) is 9.56. The molecule has 20 heavy (non-hydrogen) atoms. The van der Waals surface area contributed by atoms with Crippen LogP contribution in [-0.4, -0.2) is 34.6 Å². The predicted octanol–water partition coefficient (Wildman–Crippen LogP) is 1.90. The van der Waals surface area contributed by atoms with Crippen molar-refractivity contribution < 1.29 is 14.7 Å². The van der Waals surface area contributed by atoms with Gasteiger partial charge >= 0.3 is 5.97 Å². The zero-order valence-electron chi connectivity index (χ0n) is 10.9. The number of carbonyl (C=O) groups is 2. The van der Waals surface area contributed by atoms with Gasteiger partial charge in [0.25, 0.3) is 0 Å². The zero-order chi connectivity index (χ0) is 14.5. The first kappa shape index (κ1) is 14.6. The minimum atomic E-state index is -1.16. The molecule has 108 valence electrons. The molecule has 1 aliphatic carbocycles. The molecule has 0 radical (unpaired) electrons. The molecule has 1 aromatic rings. The Morgan fingerprint density at radius 1 is 1.40 bits per heavy atom. The first-order valence-corrected chi connectivity index (χ1v) is 6.87. The Morgan fingerprint density at radius 2 is 2.15 bits per heavy atom. The van der Waals surface area contributed by atoms with Crippen LogP contribution in [0.25, 0.3) is 0 Å². The molecule has 2 rings (SSSR count). The van der Waals surface area contributed by atoms with Crippen LogP contribution in [0.15, 0.2) is 12.1 Å². The molecule has 7 heteroatoms. The van der Waals surface area contributed by atoms with Gasteiger partial charge in [-0.05, 0) is 31.4 Å². The number of aromatic nitrogens is 1. The summed E-state index contributed by atoms with van der Waals surface area (Å²) in [6.45, 7) is 0.547. The summed E-state index contributed by atoms with van der Waals surface area (Å²) >= 11 is 5.72. The molecular weight excluding hydrogens is 282 g/mol. The van der Waals surface area contributed by atoms with Crippen molar-refractivity contribution in [3.63, 3.8) is 0 Å². The molecule has 6 nitrogen and oxygen atoms in total. The fraction of sp³-hybridized carbons (Fsp3) is 0.462. The van der Waals surface area contributed by atoms with Gasteiger partial charge in [-0.1, -0.05) is 11.6 Å². The molecule has 1 amide bonds. The van der Waals surface area contributed by atoms with Crippen LogP contribution in [0.1, 0.15) is 36.2 Å². The molecule has 1 aliphatic rings. The number of hydrogen-bond acceptors (Lipinski definition) is 4. The minimum Gasteiger partial charge on any atom is -0.476 e. The van der Waals surface area contributed by atoms with Crippen molar-refractivity contribution in [3.8, 4) is 0 Å². The highest BCUT2D eigenvalue weighted by Crippen LogP contribution is 2.19. The maximum Gasteiger partial charge on any atom is 0.356 e. The van der Waals surface area contributed by atoms with Crippen LogP contribution in [-0.2, 0) is 4.79 Å². The first-order valence-electron chi connectivity index (χ1n) is 6.49. The number of nitrogens with one attached hydrogen (secondary N) is 2. The van der Waals surface area contributed by atoms with Crippen molar-refractivity contribution >= 4 is 29.3 Å². The van der Waals surface area contributed by atoms with E-state index in [1.807, 2.05) is 0 Å². The topological polar surface area (TPSA) is 91.3 Å². The van der Waals surface area contributed by atoms with Gasteiger partial charge in [-0.25, -0.2) is 9.78 Å². The summed E-state index contributed by atoms with van der Waals surface area (Å²) in [5, 5.41) is 14.9. The van der Waals surface area contributed by atoms with Crippen LogP contribution < -0.4 is 10.6 Å². The number of carboxylic acids is 1. The van der Waals surface area contributed by atoms with E-state index in [4.69, 9.17) is 16.7 Å². The number of nitrogens with zero attached hydrogens (tertiary/aromatic N) is 1. The van der Waals surface area contributed by atoms with Gasteiger partial charge in [-0.15, -0.1) is 0 Å². The number of anilines is 1. The maximum atomic E-state index is 11.4. The summed E-state index contributed by atoms with van der Waals surface area (Å²) in [7, 11) is 0. The molecule has 1 fully saturated rings. The van der Waals surface area contributed by atoms with Crippen molar-refractivity contribution in [1.82, 2.24) is 10.3 Å². The molecule has 0 aromatic carbocycles. The molecule has 0 atom stereocenters. The van der Waals surface area contributed by atoms with E-state index in [-0.39, 0.29) is 16.6 Å². The number of hydrogen-bond donors (Lipinski definition) is 3. The summed E-state index contributed by atoms with van der Waals surface area (Å²) in [5.74, 6) is -0.665. The molecule has 0 unspecified atom stereocenters. The van der Waals surface area contributed by atoms with Crippen LogP contribution in [0.2, 0.25) is 5.02 Å². The number of pyridine rings is 1. The fourth-order valence-corrected chi connectivity index (χ4v) is 1.87. The van der Waals surface area contributed by atoms with Crippen molar-refractivity contribution in [1.29, 1.82) is 0 Å². The van der Waals surface area contributed by atoms with Gasteiger partial charge in [0.15, 0.2) is 5.69 Å². The quantitative estimate of drug-likeness (QED) is 0.669. The summed E-state index contributed by atoms with van der Waals surface area (Å²) in [6.07, 6.45) is 3.27. The van der Waals surface area contributed by atoms with Crippen LogP contribution in [0.3, 0.4) is 0 Å².